The fourth-order valence-corrected chi connectivity index (χ4v) is 3.06. The number of methoxy groups -OCH3 is 1. The molecule has 0 saturated heterocycles. The average molecular weight is 303 g/mol. The van der Waals surface area contributed by atoms with Gasteiger partial charge in [0.15, 0.2) is 0 Å². The van der Waals surface area contributed by atoms with E-state index in [9.17, 15) is 13.2 Å². The third-order valence-electron chi connectivity index (χ3n) is 2.28. The highest BCUT2D eigenvalue weighted by molar-refractivity contribution is 7.90. The smallest absolute Gasteiger partial charge is 0.306 e. The number of nitrogens with zero attached hydrogens (tertiary/aromatic N) is 2. The first-order valence-electron chi connectivity index (χ1n) is 5.19. The van der Waals surface area contributed by atoms with E-state index in [2.05, 4.69) is 9.46 Å². The topological polar surface area (TPSA) is 99.5 Å². The minimum atomic E-state index is -3.78. The zero-order valence-electron chi connectivity index (χ0n) is 10.4. The van der Waals surface area contributed by atoms with Gasteiger partial charge in [0.05, 0.1) is 19.1 Å². The van der Waals surface area contributed by atoms with Crippen molar-refractivity contribution < 1.29 is 17.9 Å². The summed E-state index contributed by atoms with van der Waals surface area (Å²) < 4.78 is 31.6. The Morgan fingerprint density at radius 3 is 2.89 bits per heavy atom. The molecule has 9 heteroatoms. The number of hydrogen-bond acceptors (Lipinski definition) is 6. The van der Waals surface area contributed by atoms with Crippen molar-refractivity contribution in [2.24, 2.45) is 0 Å². The second kappa shape index (κ2) is 6.51. The van der Waals surface area contributed by atoms with E-state index in [-0.39, 0.29) is 23.5 Å². The summed E-state index contributed by atoms with van der Waals surface area (Å²) in [5, 5.41) is 10.7. The third-order valence-corrected chi connectivity index (χ3v) is 4.70. The third kappa shape index (κ3) is 4.20. The molecule has 1 heterocycles. The zero-order chi connectivity index (χ0) is 14.5. The van der Waals surface area contributed by atoms with E-state index in [1.807, 2.05) is 6.07 Å². The van der Waals surface area contributed by atoms with Gasteiger partial charge in [-0.2, -0.15) is 18.0 Å². The van der Waals surface area contributed by atoms with E-state index in [1.54, 1.807) is 5.38 Å². The van der Waals surface area contributed by atoms with E-state index in [4.69, 9.17) is 5.26 Å². The number of nitriles is 1. The molecule has 0 spiro atoms. The molecule has 0 unspecified atom stereocenters. The summed E-state index contributed by atoms with van der Waals surface area (Å²) in [5.41, 5.74) is 0.259. The first-order chi connectivity index (χ1) is 8.90. The van der Waals surface area contributed by atoms with Gasteiger partial charge in [-0.25, -0.2) is 0 Å². The van der Waals surface area contributed by atoms with Crippen LogP contribution in [0.3, 0.4) is 0 Å². The van der Waals surface area contributed by atoms with Gasteiger partial charge in [-0.3, -0.25) is 9.52 Å². The fraction of sp³-hybridized carbons (Fsp3) is 0.400. The maximum Gasteiger partial charge on any atom is 0.306 e. The van der Waals surface area contributed by atoms with Gasteiger partial charge < -0.3 is 4.74 Å². The lowest BCUT2D eigenvalue weighted by Crippen LogP contribution is -2.34. The van der Waals surface area contributed by atoms with Gasteiger partial charge in [-0.1, -0.05) is 0 Å². The summed E-state index contributed by atoms with van der Waals surface area (Å²) in [5.74, 6) is -0.490. The van der Waals surface area contributed by atoms with Crippen LogP contribution >= 0.6 is 11.3 Å². The van der Waals surface area contributed by atoms with Crippen LogP contribution in [-0.2, 0) is 19.7 Å². The van der Waals surface area contributed by atoms with Crippen molar-refractivity contribution in [2.45, 2.75) is 6.42 Å². The van der Waals surface area contributed by atoms with Crippen LogP contribution in [0.15, 0.2) is 11.4 Å². The van der Waals surface area contributed by atoms with Gasteiger partial charge in [-0.05, 0) is 11.4 Å². The van der Waals surface area contributed by atoms with E-state index in [1.165, 1.54) is 20.2 Å². The highest BCUT2D eigenvalue weighted by atomic mass is 32.2. The summed E-state index contributed by atoms with van der Waals surface area (Å²) in [7, 11) is -1.21. The fourth-order valence-electron chi connectivity index (χ4n) is 1.14. The summed E-state index contributed by atoms with van der Waals surface area (Å²) in [6.07, 6.45) is -0.0382. The van der Waals surface area contributed by atoms with Crippen molar-refractivity contribution >= 4 is 32.5 Å². The lowest BCUT2D eigenvalue weighted by Gasteiger charge is -2.17. The number of rotatable bonds is 6. The van der Waals surface area contributed by atoms with E-state index >= 15 is 0 Å². The molecular formula is C10H13N3O4S2. The van der Waals surface area contributed by atoms with Crippen LogP contribution in [0, 0.1) is 11.3 Å². The largest absolute Gasteiger partial charge is 0.469 e. The normalized spacial score (nSPS) is 11.1. The maximum absolute atomic E-state index is 11.9. The molecule has 0 bridgehead atoms. The molecule has 0 saturated carbocycles. The molecule has 0 atom stereocenters. The Hall–Kier alpha value is -1.63. The van der Waals surface area contributed by atoms with Crippen molar-refractivity contribution in [2.75, 3.05) is 25.4 Å². The molecule has 0 aromatic carbocycles. The van der Waals surface area contributed by atoms with Crippen LogP contribution in [0.5, 0.6) is 0 Å². The number of nitrogens with one attached hydrogen (secondary N) is 1. The first-order valence-corrected chi connectivity index (χ1v) is 7.51. The molecule has 1 N–H and O–H groups in total. The van der Waals surface area contributed by atoms with Crippen LogP contribution in [0.4, 0.5) is 5.00 Å². The zero-order valence-corrected chi connectivity index (χ0v) is 12.0. The molecule has 0 aliphatic rings. The molecule has 1 rings (SSSR count). The Kier molecular flexibility index (Phi) is 5.29. The summed E-state index contributed by atoms with van der Waals surface area (Å²) >= 11 is 1.12. The molecule has 0 fully saturated rings. The first kappa shape index (κ1) is 15.4. The molecule has 0 radical (unpaired) electrons. The number of hydrogen-bond donors (Lipinski definition) is 1. The molecule has 7 nitrogen and oxygen atoms in total. The molecule has 104 valence electrons. The molecule has 19 heavy (non-hydrogen) atoms. The van der Waals surface area contributed by atoms with Crippen molar-refractivity contribution in [3.05, 3.63) is 17.0 Å². The Morgan fingerprint density at radius 1 is 1.63 bits per heavy atom. The molecule has 0 amide bonds. The van der Waals surface area contributed by atoms with Crippen LogP contribution in [0.2, 0.25) is 0 Å². The van der Waals surface area contributed by atoms with Crippen molar-refractivity contribution in [3.63, 3.8) is 0 Å². The van der Waals surface area contributed by atoms with Gasteiger partial charge in [0, 0.05) is 13.6 Å². The monoisotopic (exact) mass is 303 g/mol. The minimum Gasteiger partial charge on any atom is -0.469 e. The summed E-state index contributed by atoms with van der Waals surface area (Å²) in [6, 6.07) is 3.41. The van der Waals surface area contributed by atoms with Gasteiger partial charge in [0.25, 0.3) is 0 Å². The SMILES string of the molecule is COC(=O)CCN(C)S(=O)(=O)Nc1sccc1C#N. The Morgan fingerprint density at radius 2 is 2.32 bits per heavy atom. The molecule has 0 aliphatic carbocycles. The molecule has 1 aromatic heterocycles. The van der Waals surface area contributed by atoms with E-state index in [0.29, 0.717) is 0 Å². The number of carbonyl (C=O) groups is 1. The highest BCUT2D eigenvalue weighted by Crippen LogP contribution is 2.23. The minimum absolute atomic E-state index is 0.00469. The van der Waals surface area contributed by atoms with Crippen molar-refractivity contribution in [1.82, 2.24) is 4.31 Å². The number of anilines is 1. The van der Waals surface area contributed by atoms with Gasteiger partial charge >= 0.3 is 16.2 Å². The van der Waals surface area contributed by atoms with Crippen molar-refractivity contribution in [3.8, 4) is 6.07 Å². The van der Waals surface area contributed by atoms with E-state index in [0.717, 1.165) is 15.6 Å². The van der Waals surface area contributed by atoms with Crippen LogP contribution < -0.4 is 4.72 Å². The highest BCUT2D eigenvalue weighted by Gasteiger charge is 2.20. The van der Waals surface area contributed by atoms with Gasteiger partial charge in [-0.15, -0.1) is 11.3 Å². The number of carbonyl (C=O) groups excluding carboxylic acids is 1. The lowest BCUT2D eigenvalue weighted by atomic mass is 10.4. The Bertz CT molecular complexity index is 588. The standard InChI is InChI=1S/C10H13N3O4S2/c1-13(5-3-9(14)17-2)19(15,16)12-10-8(7-11)4-6-18-10/h4,6,12H,3,5H2,1-2H3. The average Bonchev–Trinajstić information content (AvgIpc) is 2.81. The second-order valence-electron chi connectivity index (χ2n) is 3.53. The number of thiophene rings is 1. The number of ether oxygens (including phenoxy) is 1. The van der Waals surface area contributed by atoms with E-state index < -0.39 is 16.2 Å². The van der Waals surface area contributed by atoms with Crippen molar-refractivity contribution in [1.29, 1.82) is 5.26 Å². The summed E-state index contributed by atoms with van der Waals surface area (Å²) in [4.78, 5) is 11.0. The maximum atomic E-state index is 11.9. The lowest BCUT2D eigenvalue weighted by molar-refractivity contribution is -0.140. The molecular weight excluding hydrogens is 290 g/mol. The Balaban J connectivity index is 2.71. The Labute approximate surface area is 115 Å². The van der Waals surface area contributed by atoms with Gasteiger partial charge in [0.1, 0.15) is 11.1 Å². The molecule has 0 aliphatic heterocycles. The predicted molar refractivity (Wildman–Crippen MR) is 70.8 cm³/mol. The quantitative estimate of drug-likeness (QED) is 0.782. The van der Waals surface area contributed by atoms with Gasteiger partial charge in [0.2, 0.25) is 0 Å². The second-order valence-corrected chi connectivity index (χ2v) is 6.22. The molecule has 1 aromatic rings. The predicted octanol–water partition coefficient (Wildman–Crippen LogP) is 0.771. The van der Waals surface area contributed by atoms with Crippen LogP contribution in [0.25, 0.3) is 0 Å². The number of esters is 1. The van der Waals surface area contributed by atoms with Crippen LogP contribution in [0.1, 0.15) is 12.0 Å². The van der Waals surface area contributed by atoms with Crippen LogP contribution in [-0.4, -0.2) is 39.4 Å². The summed E-state index contributed by atoms with van der Waals surface area (Å²) in [6.45, 7) is -0.00469.